The van der Waals surface area contributed by atoms with Gasteiger partial charge in [0.1, 0.15) is 0 Å². The van der Waals surface area contributed by atoms with Crippen LogP contribution in [0.25, 0.3) is 0 Å². The fraction of sp³-hybridized carbons (Fsp3) is 0.500. The van der Waals surface area contributed by atoms with Crippen molar-refractivity contribution in [2.24, 2.45) is 4.99 Å². The van der Waals surface area contributed by atoms with E-state index in [1.54, 1.807) is 11.3 Å². The second kappa shape index (κ2) is 6.43. The summed E-state index contributed by atoms with van der Waals surface area (Å²) in [5.41, 5.74) is 0. The molecule has 0 aromatic carbocycles. The van der Waals surface area contributed by atoms with E-state index in [1.807, 2.05) is 0 Å². The zero-order valence-electron chi connectivity index (χ0n) is 8.71. The highest BCUT2D eigenvalue weighted by Gasteiger charge is 1.95. The van der Waals surface area contributed by atoms with Crippen LogP contribution in [-0.2, 0) is 6.54 Å². The molecule has 0 amide bonds. The van der Waals surface area contributed by atoms with Crippen molar-refractivity contribution in [1.82, 2.24) is 10.6 Å². The van der Waals surface area contributed by atoms with E-state index in [9.17, 15) is 0 Å². The van der Waals surface area contributed by atoms with Crippen molar-refractivity contribution in [2.75, 3.05) is 13.1 Å². The highest BCUT2D eigenvalue weighted by atomic mass is 32.1. The lowest BCUT2D eigenvalue weighted by molar-refractivity contribution is 0.841. The first-order chi connectivity index (χ1) is 6.86. The van der Waals surface area contributed by atoms with Crippen molar-refractivity contribution >= 4 is 17.3 Å². The molecular formula is C10H17N3S. The van der Waals surface area contributed by atoms with Crippen LogP contribution >= 0.6 is 11.3 Å². The Morgan fingerprint density at radius 2 is 2.07 bits per heavy atom. The molecule has 0 aliphatic carbocycles. The molecule has 0 aliphatic heterocycles. The lowest BCUT2D eigenvalue weighted by atomic mass is 10.5. The minimum absolute atomic E-state index is 0.757. The van der Waals surface area contributed by atoms with Gasteiger partial charge in [-0.25, -0.2) is 4.99 Å². The molecule has 4 heteroatoms. The first kappa shape index (κ1) is 11.0. The van der Waals surface area contributed by atoms with Gasteiger partial charge >= 0.3 is 0 Å². The minimum Gasteiger partial charge on any atom is -0.357 e. The van der Waals surface area contributed by atoms with E-state index in [-0.39, 0.29) is 0 Å². The van der Waals surface area contributed by atoms with Crippen molar-refractivity contribution in [3.8, 4) is 0 Å². The average molecular weight is 211 g/mol. The van der Waals surface area contributed by atoms with Crippen LogP contribution in [0.15, 0.2) is 22.5 Å². The fourth-order valence-corrected chi connectivity index (χ4v) is 1.70. The lowest BCUT2D eigenvalue weighted by Gasteiger charge is -2.08. The van der Waals surface area contributed by atoms with Crippen molar-refractivity contribution in [3.63, 3.8) is 0 Å². The maximum Gasteiger partial charge on any atom is 0.191 e. The standard InChI is InChI=1S/C10H17N3S/c1-3-11-10(12-4-2)13-8-9-6-5-7-14-9/h5-7H,3-4,8H2,1-2H3,(H2,11,12,13). The van der Waals surface area contributed by atoms with Gasteiger partial charge in [0.2, 0.25) is 0 Å². The summed E-state index contributed by atoms with van der Waals surface area (Å²) in [5.74, 6) is 0.892. The van der Waals surface area contributed by atoms with E-state index in [0.717, 1.165) is 25.6 Å². The first-order valence-corrected chi connectivity index (χ1v) is 5.79. The monoisotopic (exact) mass is 211 g/mol. The van der Waals surface area contributed by atoms with Crippen molar-refractivity contribution in [1.29, 1.82) is 0 Å². The van der Waals surface area contributed by atoms with Crippen LogP contribution < -0.4 is 10.6 Å². The van der Waals surface area contributed by atoms with Crippen LogP contribution in [0.5, 0.6) is 0 Å². The summed E-state index contributed by atoms with van der Waals surface area (Å²) >= 11 is 1.74. The molecule has 0 saturated heterocycles. The Bertz CT molecular complexity index is 259. The summed E-state index contributed by atoms with van der Waals surface area (Å²) in [6.45, 7) is 6.69. The minimum atomic E-state index is 0.757. The topological polar surface area (TPSA) is 36.4 Å². The molecule has 0 radical (unpaired) electrons. The average Bonchev–Trinajstić information content (AvgIpc) is 2.67. The van der Waals surface area contributed by atoms with Crippen LogP contribution in [0.1, 0.15) is 18.7 Å². The maximum absolute atomic E-state index is 4.45. The number of aliphatic imine (C=N–C) groups is 1. The third-order valence-corrected chi connectivity index (χ3v) is 2.52. The van der Waals surface area contributed by atoms with Crippen LogP contribution in [0.4, 0.5) is 0 Å². The highest BCUT2D eigenvalue weighted by Crippen LogP contribution is 2.08. The summed E-state index contributed by atoms with van der Waals surface area (Å²) in [5, 5.41) is 8.45. The zero-order chi connectivity index (χ0) is 10.2. The molecule has 0 bridgehead atoms. The SMILES string of the molecule is CCNC(=NCc1cccs1)NCC. The molecule has 1 heterocycles. The molecule has 1 aromatic heterocycles. The Morgan fingerprint density at radius 1 is 1.36 bits per heavy atom. The van der Waals surface area contributed by atoms with Crippen LogP contribution in [0.3, 0.4) is 0 Å². The van der Waals surface area contributed by atoms with E-state index >= 15 is 0 Å². The molecule has 2 N–H and O–H groups in total. The van der Waals surface area contributed by atoms with Crippen LogP contribution in [-0.4, -0.2) is 19.0 Å². The predicted molar refractivity (Wildman–Crippen MR) is 62.8 cm³/mol. The Hall–Kier alpha value is -1.03. The molecule has 0 fully saturated rings. The molecule has 0 aliphatic rings. The van der Waals surface area contributed by atoms with Gasteiger partial charge in [0, 0.05) is 18.0 Å². The van der Waals surface area contributed by atoms with Gasteiger partial charge in [-0.1, -0.05) is 6.07 Å². The van der Waals surface area contributed by atoms with E-state index in [2.05, 4.69) is 47.0 Å². The van der Waals surface area contributed by atoms with Gasteiger partial charge < -0.3 is 10.6 Å². The molecule has 78 valence electrons. The van der Waals surface area contributed by atoms with E-state index in [0.29, 0.717) is 0 Å². The van der Waals surface area contributed by atoms with Crippen LogP contribution in [0, 0.1) is 0 Å². The molecule has 14 heavy (non-hydrogen) atoms. The molecule has 0 atom stereocenters. The number of hydrogen-bond donors (Lipinski definition) is 2. The Labute approximate surface area is 89.3 Å². The fourth-order valence-electron chi connectivity index (χ4n) is 1.07. The van der Waals surface area contributed by atoms with Gasteiger partial charge in [0.05, 0.1) is 6.54 Å². The number of thiophene rings is 1. The van der Waals surface area contributed by atoms with Crippen molar-refractivity contribution in [2.45, 2.75) is 20.4 Å². The molecule has 3 nitrogen and oxygen atoms in total. The normalized spacial score (nSPS) is 9.57. The quantitative estimate of drug-likeness (QED) is 0.589. The van der Waals surface area contributed by atoms with Crippen molar-refractivity contribution < 1.29 is 0 Å². The highest BCUT2D eigenvalue weighted by molar-refractivity contribution is 7.09. The number of nitrogens with one attached hydrogen (secondary N) is 2. The summed E-state index contributed by atoms with van der Waals surface area (Å²) < 4.78 is 0. The molecule has 0 unspecified atom stereocenters. The second-order valence-corrected chi connectivity index (χ2v) is 3.84. The van der Waals surface area contributed by atoms with Crippen LogP contribution in [0.2, 0.25) is 0 Å². The number of guanidine groups is 1. The van der Waals surface area contributed by atoms with Gasteiger partial charge in [-0.05, 0) is 25.3 Å². The predicted octanol–water partition coefficient (Wildman–Crippen LogP) is 1.82. The second-order valence-electron chi connectivity index (χ2n) is 2.80. The number of rotatable bonds is 4. The summed E-state index contributed by atoms with van der Waals surface area (Å²) in [6.07, 6.45) is 0. The van der Waals surface area contributed by atoms with Gasteiger partial charge in [-0.15, -0.1) is 11.3 Å². The third-order valence-electron chi connectivity index (χ3n) is 1.66. The molecule has 0 spiro atoms. The Kier molecular flexibility index (Phi) is 5.07. The van der Waals surface area contributed by atoms with E-state index < -0.39 is 0 Å². The maximum atomic E-state index is 4.45. The van der Waals surface area contributed by atoms with Crippen molar-refractivity contribution in [3.05, 3.63) is 22.4 Å². The zero-order valence-corrected chi connectivity index (χ0v) is 9.53. The lowest BCUT2D eigenvalue weighted by Crippen LogP contribution is -2.36. The van der Waals surface area contributed by atoms with E-state index in [1.165, 1.54) is 4.88 Å². The molecular weight excluding hydrogens is 194 g/mol. The first-order valence-electron chi connectivity index (χ1n) is 4.91. The summed E-state index contributed by atoms with van der Waals surface area (Å²) in [7, 11) is 0. The number of nitrogens with zero attached hydrogens (tertiary/aromatic N) is 1. The Morgan fingerprint density at radius 3 is 2.57 bits per heavy atom. The van der Waals surface area contributed by atoms with Gasteiger partial charge in [0.25, 0.3) is 0 Å². The molecule has 1 rings (SSSR count). The molecule has 1 aromatic rings. The van der Waals surface area contributed by atoms with E-state index in [4.69, 9.17) is 0 Å². The largest absolute Gasteiger partial charge is 0.357 e. The third kappa shape index (κ3) is 3.79. The molecule has 0 saturated carbocycles. The smallest absolute Gasteiger partial charge is 0.191 e. The summed E-state index contributed by atoms with van der Waals surface area (Å²) in [6, 6.07) is 4.15. The summed E-state index contributed by atoms with van der Waals surface area (Å²) in [4.78, 5) is 5.74. The Balaban J connectivity index is 2.45. The van der Waals surface area contributed by atoms with Gasteiger partial charge in [0.15, 0.2) is 5.96 Å². The number of hydrogen-bond acceptors (Lipinski definition) is 2. The van der Waals surface area contributed by atoms with Gasteiger partial charge in [-0.2, -0.15) is 0 Å². The van der Waals surface area contributed by atoms with Gasteiger partial charge in [-0.3, -0.25) is 0 Å².